The number of rotatable bonds is 3. The molecule has 1 unspecified atom stereocenters. The minimum absolute atomic E-state index is 0.0934. The summed E-state index contributed by atoms with van der Waals surface area (Å²) in [7, 11) is 0. The first-order valence-corrected chi connectivity index (χ1v) is 6.11. The molecule has 0 aliphatic carbocycles. The molecule has 0 bridgehead atoms. The van der Waals surface area contributed by atoms with Crippen molar-refractivity contribution in [1.82, 2.24) is 9.97 Å². The standard InChI is InChI=1S/C12H12N4S/c1-8-5-10(7-13)6-11(15-8)16-9(2)12-14-3-4-17-12/h3-6,9H,1-2H3,(H,15,16). The number of pyridine rings is 1. The number of thiazole rings is 1. The average molecular weight is 244 g/mol. The topological polar surface area (TPSA) is 61.6 Å². The van der Waals surface area contributed by atoms with E-state index in [0.29, 0.717) is 11.4 Å². The van der Waals surface area contributed by atoms with Crippen molar-refractivity contribution >= 4 is 17.2 Å². The van der Waals surface area contributed by atoms with E-state index in [-0.39, 0.29) is 6.04 Å². The molecule has 5 heteroatoms. The molecule has 86 valence electrons. The Kier molecular flexibility index (Phi) is 3.35. The molecule has 0 aliphatic rings. The van der Waals surface area contributed by atoms with E-state index in [2.05, 4.69) is 21.4 Å². The van der Waals surface area contributed by atoms with Gasteiger partial charge < -0.3 is 5.32 Å². The summed E-state index contributed by atoms with van der Waals surface area (Å²) in [6.07, 6.45) is 1.78. The highest BCUT2D eigenvalue weighted by Crippen LogP contribution is 2.20. The second-order valence-electron chi connectivity index (χ2n) is 3.73. The van der Waals surface area contributed by atoms with Crippen LogP contribution in [0.25, 0.3) is 0 Å². The van der Waals surface area contributed by atoms with Gasteiger partial charge in [0.15, 0.2) is 0 Å². The Morgan fingerprint density at radius 2 is 2.29 bits per heavy atom. The monoisotopic (exact) mass is 244 g/mol. The number of anilines is 1. The van der Waals surface area contributed by atoms with Gasteiger partial charge in [0.2, 0.25) is 0 Å². The molecule has 0 fully saturated rings. The van der Waals surface area contributed by atoms with Crippen molar-refractivity contribution in [2.75, 3.05) is 5.32 Å². The molecule has 0 radical (unpaired) electrons. The van der Waals surface area contributed by atoms with Crippen LogP contribution in [0.15, 0.2) is 23.7 Å². The van der Waals surface area contributed by atoms with Crippen molar-refractivity contribution in [3.05, 3.63) is 40.0 Å². The second kappa shape index (κ2) is 4.93. The highest BCUT2D eigenvalue weighted by molar-refractivity contribution is 7.09. The zero-order valence-corrected chi connectivity index (χ0v) is 10.5. The van der Waals surface area contributed by atoms with Gasteiger partial charge in [-0.1, -0.05) is 0 Å². The zero-order chi connectivity index (χ0) is 12.3. The summed E-state index contributed by atoms with van der Waals surface area (Å²) in [5, 5.41) is 15.1. The van der Waals surface area contributed by atoms with Crippen LogP contribution >= 0.6 is 11.3 Å². The maximum Gasteiger partial charge on any atom is 0.128 e. The van der Waals surface area contributed by atoms with Crippen LogP contribution in [0.5, 0.6) is 0 Å². The van der Waals surface area contributed by atoms with Crippen LogP contribution in [-0.2, 0) is 0 Å². The van der Waals surface area contributed by atoms with Gasteiger partial charge in [0.1, 0.15) is 10.8 Å². The van der Waals surface area contributed by atoms with E-state index in [1.807, 2.05) is 19.2 Å². The summed E-state index contributed by atoms with van der Waals surface area (Å²) in [5.41, 5.74) is 1.45. The number of aromatic nitrogens is 2. The van der Waals surface area contributed by atoms with Crippen molar-refractivity contribution in [3.63, 3.8) is 0 Å². The molecule has 1 N–H and O–H groups in total. The van der Waals surface area contributed by atoms with E-state index in [1.165, 1.54) is 0 Å². The van der Waals surface area contributed by atoms with Gasteiger partial charge in [0.05, 0.1) is 17.7 Å². The minimum atomic E-state index is 0.0934. The van der Waals surface area contributed by atoms with Gasteiger partial charge in [-0.15, -0.1) is 11.3 Å². The second-order valence-corrected chi connectivity index (χ2v) is 4.66. The van der Waals surface area contributed by atoms with Gasteiger partial charge in [0, 0.05) is 17.3 Å². The molecule has 0 saturated carbocycles. The van der Waals surface area contributed by atoms with Crippen LogP contribution in [-0.4, -0.2) is 9.97 Å². The summed E-state index contributed by atoms with van der Waals surface area (Å²) in [4.78, 5) is 8.59. The highest BCUT2D eigenvalue weighted by atomic mass is 32.1. The Morgan fingerprint density at radius 3 is 2.94 bits per heavy atom. The molecule has 0 spiro atoms. The number of nitrogens with one attached hydrogen (secondary N) is 1. The number of nitrogens with zero attached hydrogens (tertiary/aromatic N) is 3. The first-order valence-electron chi connectivity index (χ1n) is 5.24. The van der Waals surface area contributed by atoms with Crippen molar-refractivity contribution in [2.45, 2.75) is 19.9 Å². The lowest BCUT2D eigenvalue weighted by atomic mass is 10.2. The van der Waals surface area contributed by atoms with E-state index in [4.69, 9.17) is 5.26 Å². The largest absolute Gasteiger partial charge is 0.361 e. The summed E-state index contributed by atoms with van der Waals surface area (Å²) in [5.74, 6) is 0.712. The summed E-state index contributed by atoms with van der Waals surface area (Å²) in [6, 6.07) is 5.73. The lowest BCUT2D eigenvalue weighted by Gasteiger charge is -2.12. The first kappa shape index (κ1) is 11.6. The summed E-state index contributed by atoms with van der Waals surface area (Å²) < 4.78 is 0. The smallest absolute Gasteiger partial charge is 0.128 e. The maximum absolute atomic E-state index is 8.89. The van der Waals surface area contributed by atoms with Gasteiger partial charge >= 0.3 is 0 Å². The predicted molar refractivity (Wildman–Crippen MR) is 67.8 cm³/mol. The fourth-order valence-electron chi connectivity index (χ4n) is 1.54. The molecule has 2 heterocycles. The molecule has 0 aromatic carbocycles. The number of hydrogen-bond donors (Lipinski definition) is 1. The van der Waals surface area contributed by atoms with Crippen LogP contribution < -0.4 is 5.32 Å². The molecule has 2 rings (SSSR count). The molecule has 1 atom stereocenters. The highest BCUT2D eigenvalue weighted by Gasteiger charge is 2.09. The quantitative estimate of drug-likeness (QED) is 0.901. The summed E-state index contributed by atoms with van der Waals surface area (Å²) >= 11 is 1.60. The fourth-order valence-corrected chi connectivity index (χ4v) is 2.18. The molecule has 0 aliphatic heterocycles. The SMILES string of the molecule is Cc1cc(C#N)cc(NC(C)c2nccs2)n1. The molecule has 0 amide bonds. The molecular formula is C12H12N4S. The Morgan fingerprint density at radius 1 is 1.47 bits per heavy atom. The predicted octanol–water partition coefficient (Wildman–Crippen LogP) is 2.89. The molecule has 17 heavy (non-hydrogen) atoms. The molecule has 0 saturated heterocycles. The van der Waals surface area contributed by atoms with E-state index < -0.39 is 0 Å². The Labute approximate surface area is 104 Å². The van der Waals surface area contributed by atoms with Gasteiger partial charge in [-0.25, -0.2) is 9.97 Å². The van der Waals surface area contributed by atoms with Gasteiger partial charge in [-0.3, -0.25) is 0 Å². The third-order valence-electron chi connectivity index (χ3n) is 2.27. The van der Waals surface area contributed by atoms with Crippen LogP contribution in [0.3, 0.4) is 0 Å². The molecular weight excluding hydrogens is 232 g/mol. The zero-order valence-electron chi connectivity index (χ0n) is 9.64. The third-order valence-corrected chi connectivity index (χ3v) is 3.23. The van der Waals surface area contributed by atoms with Crippen LogP contribution in [0, 0.1) is 18.3 Å². The average Bonchev–Trinajstić information content (AvgIpc) is 2.81. The fraction of sp³-hybridized carbons (Fsp3) is 0.250. The van der Waals surface area contributed by atoms with Crippen molar-refractivity contribution < 1.29 is 0 Å². The third kappa shape index (κ3) is 2.80. The Balaban J connectivity index is 2.19. The summed E-state index contributed by atoms with van der Waals surface area (Å²) in [6.45, 7) is 3.90. The number of aryl methyl sites for hydroxylation is 1. The Bertz CT molecular complexity index is 542. The van der Waals surface area contributed by atoms with Crippen molar-refractivity contribution in [2.24, 2.45) is 0 Å². The van der Waals surface area contributed by atoms with Crippen molar-refractivity contribution in [3.8, 4) is 6.07 Å². The van der Waals surface area contributed by atoms with Crippen LogP contribution in [0.4, 0.5) is 5.82 Å². The minimum Gasteiger partial charge on any atom is -0.361 e. The maximum atomic E-state index is 8.89. The van der Waals surface area contributed by atoms with E-state index >= 15 is 0 Å². The van der Waals surface area contributed by atoms with E-state index in [1.54, 1.807) is 29.7 Å². The molecule has 2 aromatic heterocycles. The van der Waals surface area contributed by atoms with E-state index in [0.717, 1.165) is 10.7 Å². The van der Waals surface area contributed by atoms with Crippen LogP contribution in [0.2, 0.25) is 0 Å². The lowest BCUT2D eigenvalue weighted by molar-refractivity contribution is 0.858. The normalized spacial score (nSPS) is 11.8. The molecule has 2 aromatic rings. The van der Waals surface area contributed by atoms with E-state index in [9.17, 15) is 0 Å². The lowest BCUT2D eigenvalue weighted by Crippen LogP contribution is -2.08. The van der Waals surface area contributed by atoms with Crippen LogP contribution in [0.1, 0.15) is 29.2 Å². The van der Waals surface area contributed by atoms with Gasteiger partial charge in [-0.05, 0) is 26.0 Å². The Hall–Kier alpha value is -1.93. The number of hydrogen-bond acceptors (Lipinski definition) is 5. The first-order chi connectivity index (χ1) is 8.19. The number of nitriles is 1. The van der Waals surface area contributed by atoms with Gasteiger partial charge in [-0.2, -0.15) is 5.26 Å². The van der Waals surface area contributed by atoms with Gasteiger partial charge in [0.25, 0.3) is 0 Å². The van der Waals surface area contributed by atoms with Crippen molar-refractivity contribution in [1.29, 1.82) is 5.26 Å². The molecule has 4 nitrogen and oxygen atoms in total.